The molecule has 0 saturated carbocycles. The Morgan fingerprint density at radius 3 is 2.53 bits per heavy atom. The van der Waals surface area contributed by atoms with Crippen LogP contribution in [0.4, 0.5) is 0 Å². The second kappa shape index (κ2) is 5.03. The predicted molar refractivity (Wildman–Crippen MR) is 81.2 cm³/mol. The van der Waals surface area contributed by atoms with Crippen molar-refractivity contribution in [1.29, 1.82) is 0 Å². The summed E-state index contributed by atoms with van der Waals surface area (Å²) in [5.41, 5.74) is 1.07. The zero-order chi connectivity index (χ0) is 10.9. The second-order valence-electron chi connectivity index (χ2n) is 2.87. The van der Waals surface area contributed by atoms with E-state index in [1.807, 2.05) is 34.5 Å². The zero-order valence-electron chi connectivity index (χ0n) is 7.95. The molecule has 1 aliphatic heterocycles. The molecule has 15 heavy (non-hydrogen) atoms. The average Bonchev–Trinajstić information content (AvgIpc) is 2.60. The number of ether oxygens (including phenoxy) is 1. The van der Waals surface area contributed by atoms with Gasteiger partial charge in [0, 0.05) is 5.30 Å². The van der Waals surface area contributed by atoms with Crippen molar-refractivity contribution in [1.82, 2.24) is 0 Å². The molecule has 1 aromatic carbocycles. The van der Waals surface area contributed by atoms with E-state index >= 15 is 0 Å². The maximum atomic E-state index is 5.74. The Labute approximate surface area is 108 Å². The highest BCUT2D eigenvalue weighted by molar-refractivity contribution is 9.19. The van der Waals surface area contributed by atoms with Gasteiger partial charge in [0.1, 0.15) is 21.2 Å². The normalized spacial score (nSPS) is 27.9. The first-order valence-electron chi connectivity index (χ1n) is 4.18. The molecule has 0 bridgehead atoms. The van der Waals surface area contributed by atoms with Crippen molar-refractivity contribution in [2.75, 3.05) is 12.6 Å². The van der Waals surface area contributed by atoms with Gasteiger partial charge in [-0.2, -0.15) is 0 Å². The molecular formula is C8H9OP2S4+. The monoisotopic (exact) mass is 311 g/mol. The molecule has 1 heterocycles. The van der Waals surface area contributed by atoms with Crippen molar-refractivity contribution in [3.05, 3.63) is 24.3 Å². The Hall–Kier alpha value is 0.890. The van der Waals surface area contributed by atoms with Gasteiger partial charge >= 0.3 is 0 Å². The van der Waals surface area contributed by atoms with Gasteiger partial charge in [0.25, 0.3) is 5.90 Å². The molecular weight excluding hydrogens is 302 g/mol. The summed E-state index contributed by atoms with van der Waals surface area (Å²) >= 11 is 14.8. The summed E-state index contributed by atoms with van der Waals surface area (Å²) in [6, 6.07) is 8.13. The van der Waals surface area contributed by atoms with Gasteiger partial charge in [0.2, 0.25) is 0 Å². The lowest BCUT2D eigenvalue weighted by Gasteiger charge is -2.08. The van der Waals surface area contributed by atoms with E-state index in [1.54, 1.807) is 7.11 Å². The van der Waals surface area contributed by atoms with Crippen LogP contribution >= 0.6 is 32.7 Å². The van der Waals surface area contributed by atoms with E-state index in [0.29, 0.717) is 0 Å². The number of hydrogen-bond donors (Lipinski definition) is 0. The maximum Gasteiger partial charge on any atom is 0.262 e. The molecule has 0 N–H and O–H groups in total. The molecule has 0 aromatic heterocycles. The molecule has 1 aliphatic rings. The summed E-state index contributed by atoms with van der Waals surface area (Å²) in [6.45, 7) is 0. The van der Waals surface area contributed by atoms with Crippen LogP contribution < -0.4 is 10.0 Å². The van der Waals surface area contributed by atoms with Crippen LogP contribution in [0.1, 0.15) is 0 Å². The average molecular weight is 311 g/mol. The molecule has 7 heteroatoms. The van der Waals surface area contributed by atoms with E-state index in [9.17, 15) is 0 Å². The Bertz CT molecular complexity index is 431. The van der Waals surface area contributed by atoms with Gasteiger partial charge in [0.15, 0.2) is 17.3 Å². The predicted octanol–water partition coefficient (Wildman–Crippen LogP) is 3.93. The summed E-state index contributed by atoms with van der Waals surface area (Å²) in [6.07, 6.45) is 0. The molecule has 2 rings (SSSR count). The lowest BCUT2D eigenvalue weighted by atomic mass is 10.3. The quantitative estimate of drug-likeness (QED) is 0.763. The Balaban J connectivity index is 2.30. The molecule has 2 unspecified atom stereocenters. The molecule has 1 nitrogen and oxygen atoms in total. The largest absolute Gasteiger partial charge is 0.497 e. The molecule has 1 saturated heterocycles. The number of hydrogen-bond acceptors (Lipinski definition) is 5. The first kappa shape index (κ1) is 12.3. The van der Waals surface area contributed by atoms with E-state index in [0.717, 1.165) is 11.2 Å². The van der Waals surface area contributed by atoms with Crippen LogP contribution in [-0.4, -0.2) is 12.6 Å². The minimum Gasteiger partial charge on any atom is -0.497 e. The van der Waals surface area contributed by atoms with Gasteiger partial charge in [-0.3, -0.25) is 0 Å². The molecule has 0 spiro atoms. The fourth-order valence-corrected chi connectivity index (χ4v) is 29.1. The van der Waals surface area contributed by atoms with E-state index < -0.39 is 4.44 Å². The maximum absolute atomic E-state index is 5.74. The van der Waals surface area contributed by atoms with Gasteiger partial charge in [0.05, 0.1) is 7.11 Å². The third-order valence-electron chi connectivity index (χ3n) is 1.92. The van der Waals surface area contributed by atoms with Gasteiger partial charge in [-0.05, 0) is 24.3 Å². The van der Waals surface area contributed by atoms with E-state index in [4.69, 9.17) is 28.4 Å². The van der Waals surface area contributed by atoms with Crippen LogP contribution in [0.25, 0.3) is 0 Å². The summed E-state index contributed by atoms with van der Waals surface area (Å²) in [5.74, 6) is 0.574. The van der Waals surface area contributed by atoms with Crippen LogP contribution in [0.5, 0.6) is 5.75 Å². The number of benzene rings is 1. The first-order valence-corrected chi connectivity index (χ1v) is 13.1. The molecule has 2 atom stereocenters. The highest BCUT2D eigenvalue weighted by atomic mass is 33.4. The zero-order valence-corrected chi connectivity index (χ0v) is 13.0. The van der Waals surface area contributed by atoms with Crippen molar-refractivity contribution in [3.63, 3.8) is 0 Å². The van der Waals surface area contributed by atoms with E-state index in [2.05, 4.69) is 12.1 Å². The summed E-state index contributed by atoms with van der Waals surface area (Å²) in [7, 11) is 1.68. The third-order valence-corrected chi connectivity index (χ3v) is 22.8. The van der Waals surface area contributed by atoms with Gasteiger partial charge in [-0.15, -0.1) is 0 Å². The van der Waals surface area contributed by atoms with Crippen molar-refractivity contribution < 1.29 is 4.74 Å². The fraction of sp³-hybridized carbons (Fsp3) is 0.250. The number of rotatable bonds is 2. The second-order valence-corrected chi connectivity index (χ2v) is 19.6. The Morgan fingerprint density at radius 2 is 2.07 bits per heavy atom. The van der Waals surface area contributed by atoms with Crippen LogP contribution in [0.15, 0.2) is 24.3 Å². The minimum absolute atomic E-state index is 0.311. The first-order chi connectivity index (χ1) is 7.14. The van der Waals surface area contributed by atoms with Crippen molar-refractivity contribution >= 4 is 61.6 Å². The van der Waals surface area contributed by atoms with Crippen LogP contribution in [0, 0.1) is 0 Å². The van der Waals surface area contributed by atoms with Crippen molar-refractivity contribution in [2.45, 2.75) is 0 Å². The van der Waals surface area contributed by atoms with Crippen molar-refractivity contribution in [2.24, 2.45) is 0 Å². The molecule has 0 amide bonds. The SMILES string of the molecule is COc1ccc(P2(=S)SC[P+](=S)S2)cc1. The highest BCUT2D eigenvalue weighted by Crippen LogP contribution is 2.83. The van der Waals surface area contributed by atoms with Crippen LogP contribution in [-0.2, 0) is 23.6 Å². The summed E-state index contributed by atoms with van der Waals surface area (Å²) < 4.78 is 3.66. The molecule has 1 fully saturated rings. The lowest BCUT2D eigenvalue weighted by Crippen LogP contribution is -1.97. The minimum atomic E-state index is -1.47. The standard InChI is InChI=1S/C8H9OP2S4/c1-9-7-2-4-8(5-3-7)11(13)14-6-10(12)15-11/h2-5H,6H2,1H3/q+1. The smallest absolute Gasteiger partial charge is 0.262 e. The van der Waals surface area contributed by atoms with E-state index in [-0.39, 0.29) is 5.90 Å². The van der Waals surface area contributed by atoms with E-state index in [1.165, 1.54) is 5.30 Å². The van der Waals surface area contributed by atoms with Crippen LogP contribution in [0.2, 0.25) is 0 Å². The molecule has 1 aromatic rings. The Kier molecular flexibility index (Phi) is 4.14. The van der Waals surface area contributed by atoms with Gasteiger partial charge in [-0.25, -0.2) is 0 Å². The van der Waals surface area contributed by atoms with Crippen LogP contribution in [0.3, 0.4) is 0 Å². The molecule has 80 valence electrons. The third kappa shape index (κ3) is 2.77. The number of methoxy groups -OCH3 is 1. The Morgan fingerprint density at radius 1 is 1.40 bits per heavy atom. The topological polar surface area (TPSA) is 9.23 Å². The fourth-order valence-electron chi connectivity index (χ4n) is 1.18. The highest BCUT2D eigenvalue weighted by Gasteiger charge is 2.39. The molecule has 0 aliphatic carbocycles. The summed E-state index contributed by atoms with van der Waals surface area (Å²) in [4.78, 5) is 0. The molecule has 0 radical (unpaired) electrons. The lowest BCUT2D eigenvalue weighted by molar-refractivity contribution is 0.415. The van der Waals surface area contributed by atoms with Crippen molar-refractivity contribution in [3.8, 4) is 5.75 Å². The summed E-state index contributed by atoms with van der Waals surface area (Å²) in [5, 5.41) is 1.27. The van der Waals surface area contributed by atoms with Gasteiger partial charge < -0.3 is 4.74 Å². The van der Waals surface area contributed by atoms with Gasteiger partial charge in [-0.1, -0.05) is 23.2 Å².